The lowest BCUT2D eigenvalue weighted by molar-refractivity contribution is -0.274. The van der Waals surface area contributed by atoms with Gasteiger partial charge in [-0.15, -0.1) is 13.2 Å². The first kappa shape index (κ1) is 20.5. The Kier molecular flexibility index (Phi) is 5.95. The predicted octanol–water partition coefficient (Wildman–Crippen LogP) is 4.12. The zero-order chi connectivity index (χ0) is 21.0. The number of amides is 2. The molecule has 0 aliphatic carbocycles. The highest BCUT2D eigenvalue weighted by atomic mass is 19.4. The van der Waals surface area contributed by atoms with Crippen LogP contribution >= 0.6 is 0 Å². The van der Waals surface area contributed by atoms with Gasteiger partial charge >= 0.3 is 6.36 Å². The first-order valence-electron chi connectivity index (χ1n) is 8.99. The SMILES string of the molecule is CCCOc1ccc(N2C(=O)CC(Nc3ccc(OC(F)(F)F)cc3)C2=O)cc1. The summed E-state index contributed by atoms with van der Waals surface area (Å²) < 4.78 is 46.0. The average molecular weight is 408 g/mol. The van der Waals surface area contributed by atoms with Crippen molar-refractivity contribution in [2.75, 3.05) is 16.8 Å². The summed E-state index contributed by atoms with van der Waals surface area (Å²) in [6.07, 6.45) is -3.98. The number of hydrogen-bond donors (Lipinski definition) is 1. The minimum Gasteiger partial charge on any atom is -0.494 e. The molecule has 1 unspecified atom stereocenters. The predicted molar refractivity (Wildman–Crippen MR) is 99.9 cm³/mol. The molecule has 1 N–H and O–H groups in total. The summed E-state index contributed by atoms with van der Waals surface area (Å²) >= 11 is 0. The molecule has 2 aromatic rings. The first-order valence-corrected chi connectivity index (χ1v) is 8.99. The normalized spacial score (nSPS) is 16.8. The quantitative estimate of drug-likeness (QED) is 0.698. The van der Waals surface area contributed by atoms with Crippen molar-refractivity contribution in [3.63, 3.8) is 0 Å². The Balaban J connectivity index is 1.66. The van der Waals surface area contributed by atoms with Gasteiger partial charge in [-0.3, -0.25) is 9.59 Å². The van der Waals surface area contributed by atoms with E-state index in [0.29, 0.717) is 23.7 Å². The molecular formula is C20H19F3N2O4. The second-order valence-corrected chi connectivity index (χ2v) is 6.38. The van der Waals surface area contributed by atoms with Crippen LogP contribution in [0.15, 0.2) is 48.5 Å². The van der Waals surface area contributed by atoms with Gasteiger partial charge in [0.15, 0.2) is 0 Å². The molecule has 0 aromatic heterocycles. The van der Waals surface area contributed by atoms with Gasteiger partial charge in [-0.25, -0.2) is 4.90 Å². The number of alkyl halides is 3. The molecule has 2 aromatic carbocycles. The van der Waals surface area contributed by atoms with Crippen LogP contribution in [0, 0.1) is 0 Å². The number of hydrogen-bond acceptors (Lipinski definition) is 5. The second-order valence-electron chi connectivity index (χ2n) is 6.38. The molecule has 0 spiro atoms. The minimum absolute atomic E-state index is 0.0618. The van der Waals surface area contributed by atoms with Crippen molar-refractivity contribution in [1.29, 1.82) is 0 Å². The summed E-state index contributed by atoms with van der Waals surface area (Å²) in [5.41, 5.74) is 0.831. The number of rotatable bonds is 7. The van der Waals surface area contributed by atoms with Gasteiger partial charge in [-0.2, -0.15) is 0 Å². The molecule has 1 aliphatic heterocycles. The fourth-order valence-corrected chi connectivity index (χ4v) is 2.88. The fraction of sp³-hybridized carbons (Fsp3) is 0.300. The molecule has 1 heterocycles. The molecular weight excluding hydrogens is 389 g/mol. The Morgan fingerprint density at radius 2 is 1.66 bits per heavy atom. The lowest BCUT2D eigenvalue weighted by atomic mass is 10.2. The van der Waals surface area contributed by atoms with E-state index in [-0.39, 0.29) is 18.1 Å². The Morgan fingerprint density at radius 3 is 2.24 bits per heavy atom. The maximum Gasteiger partial charge on any atom is 0.573 e. The zero-order valence-corrected chi connectivity index (χ0v) is 15.5. The summed E-state index contributed by atoms with van der Waals surface area (Å²) in [4.78, 5) is 26.1. The number of nitrogens with one attached hydrogen (secondary N) is 1. The Morgan fingerprint density at radius 1 is 1.03 bits per heavy atom. The van der Waals surface area contributed by atoms with E-state index in [9.17, 15) is 22.8 Å². The summed E-state index contributed by atoms with van der Waals surface area (Å²) in [7, 11) is 0. The number of anilines is 2. The molecule has 1 aliphatic rings. The highest BCUT2D eigenvalue weighted by Gasteiger charge is 2.39. The van der Waals surface area contributed by atoms with Crippen LogP contribution in [0.4, 0.5) is 24.5 Å². The van der Waals surface area contributed by atoms with Gasteiger partial charge in [-0.1, -0.05) is 6.92 Å². The lowest BCUT2D eigenvalue weighted by Gasteiger charge is -2.17. The molecule has 0 saturated carbocycles. The van der Waals surface area contributed by atoms with E-state index in [1.54, 1.807) is 24.3 Å². The van der Waals surface area contributed by atoms with Gasteiger partial charge < -0.3 is 14.8 Å². The topological polar surface area (TPSA) is 67.9 Å². The number of imide groups is 1. The zero-order valence-electron chi connectivity index (χ0n) is 15.5. The monoisotopic (exact) mass is 408 g/mol. The van der Waals surface area contributed by atoms with E-state index < -0.39 is 18.3 Å². The third kappa shape index (κ3) is 5.18. The molecule has 9 heteroatoms. The summed E-state index contributed by atoms with van der Waals surface area (Å²) in [5, 5.41) is 2.88. The van der Waals surface area contributed by atoms with E-state index in [1.807, 2.05) is 6.92 Å². The van der Waals surface area contributed by atoms with Crippen LogP contribution in [-0.4, -0.2) is 30.8 Å². The van der Waals surface area contributed by atoms with Crippen molar-refractivity contribution in [2.24, 2.45) is 0 Å². The third-order valence-electron chi connectivity index (χ3n) is 4.14. The first-order chi connectivity index (χ1) is 13.8. The fourth-order valence-electron chi connectivity index (χ4n) is 2.88. The molecule has 2 amide bonds. The molecule has 0 bridgehead atoms. The van der Waals surface area contributed by atoms with Crippen LogP contribution in [0.5, 0.6) is 11.5 Å². The molecule has 1 fully saturated rings. The molecule has 1 atom stereocenters. The van der Waals surface area contributed by atoms with Gasteiger partial charge in [0.05, 0.1) is 18.7 Å². The largest absolute Gasteiger partial charge is 0.573 e. The van der Waals surface area contributed by atoms with Crippen LogP contribution in [0.1, 0.15) is 19.8 Å². The summed E-state index contributed by atoms with van der Waals surface area (Å²) in [6.45, 7) is 2.56. The highest BCUT2D eigenvalue weighted by Crippen LogP contribution is 2.28. The molecule has 29 heavy (non-hydrogen) atoms. The third-order valence-corrected chi connectivity index (χ3v) is 4.14. The van der Waals surface area contributed by atoms with Crippen LogP contribution in [-0.2, 0) is 9.59 Å². The molecule has 0 radical (unpaired) electrons. The van der Waals surface area contributed by atoms with Crippen molar-refractivity contribution in [3.05, 3.63) is 48.5 Å². The molecule has 6 nitrogen and oxygen atoms in total. The van der Waals surface area contributed by atoms with Crippen molar-refractivity contribution in [1.82, 2.24) is 0 Å². The highest BCUT2D eigenvalue weighted by molar-refractivity contribution is 6.23. The Hall–Kier alpha value is -3.23. The second kappa shape index (κ2) is 8.42. The Labute approximate surface area is 165 Å². The molecule has 3 rings (SSSR count). The van der Waals surface area contributed by atoms with Gasteiger partial charge in [0, 0.05) is 5.69 Å². The van der Waals surface area contributed by atoms with Crippen LogP contribution < -0.4 is 19.7 Å². The number of benzene rings is 2. The average Bonchev–Trinajstić information content (AvgIpc) is 2.94. The van der Waals surface area contributed by atoms with Crippen LogP contribution in [0.25, 0.3) is 0 Å². The Bertz CT molecular complexity index is 867. The summed E-state index contributed by atoms with van der Waals surface area (Å²) in [6, 6.07) is 10.8. The molecule has 1 saturated heterocycles. The van der Waals surface area contributed by atoms with Gasteiger partial charge in [0.25, 0.3) is 5.91 Å². The number of carbonyl (C=O) groups is 2. The van der Waals surface area contributed by atoms with Gasteiger partial charge in [-0.05, 0) is 55.0 Å². The maximum absolute atomic E-state index is 12.7. The smallest absolute Gasteiger partial charge is 0.494 e. The van der Waals surface area contributed by atoms with Gasteiger partial charge in [0.2, 0.25) is 5.91 Å². The minimum atomic E-state index is -4.78. The standard InChI is InChI=1S/C20H19F3N2O4/c1-2-11-28-15-9-5-14(6-10-15)25-18(26)12-17(19(25)27)24-13-3-7-16(8-4-13)29-20(21,22)23/h3-10,17,24H,2,11-12H2,1H3. The van der Waals surface area contributed by atoms with Crippen molar-refractivity contribution < 1.29 is 32.2 Å². The summed E-state index contributed by atoms with van der Waals surface area (Å²) in [5.74, 6) is -0.533. The van der Waals surface area contributed by atoms with Crippen LogP contribution in [0.3, 0.4) is 0 Å². The van der Waals surface area contributed by atoms with E-state index >= 15 is 0 Å². The van der Waals surface area contributed by atoms with Crippen molar-refractivity contribution in [2.45, 2.75) is 32.2 Å². The number of ether oxygens (including phenoxy) is 2. The van der Waals surface area contributed by atoms with Gasteiger partial charge in [0.1, 0.15) is 17.5 Å². The van der Waals surface area contributed by atoms with E-state index in [4.69, 9.17) is 4.74 Å². The van der Waals surface area contributed by atoms with E-state index in [1.165, 1.54) is 12.1 Å². The van der Waals surface area contributed by atoms with E-state index in [2.05, 4.69) is 10.1 Å². The number of carbonyl (C=O) groups excluding carboxylic acids is 2. The van der Waals surface area contributed by atoms with Crippen molar-refractivity contribution in [3.8, 4) is 11.5 Å². The maximum atomic E-state index is 12.7. The van der Waals surface area contributed by atoms with Crippen LogP contribution in [0.2, 0.25) is 0 Å². The van der Waals surface area contributed by atoms with E-state index in [0.717, 1.165) is 23.5 Å². The lowest BCUT2D eigenvalue weighted by Crippen LogP contribution is -2.34. The number of nitrogens with zero attached hydrogens (tertiary/aromatic N) is 1. The number of halogens is 3. The van der Waals surface area contributed by atoms with Crippen molar-refractivity contribution >= 4 is 23.2 Å². The molecule has 154 valence electrons.